The van der Waals surface area contributed by atoms with Crippen LogP contribution in [0.2, 0.25) is 0 Å². The summed E-state index contributed by atoms with van der Waals surface area (Å²) < 4.78 is 11.4. The zero-order valence-corrected chi connectivity index (χ0v) is 19.6. The van der Waals surface area contributed by atoms with Crippen LogP contribution in [0.4, 0.5) is 0 Å². The Morgan fingerprint density at radius 1 is 1.03 bits per heavy atom. The zero-order chi connectivity index (χ0) is 19.7. The third-order valence-electron chi connectivity index (χ3n) is 5.39. The molecule has 158 valence electrons. The lowest BCUT2D eigenvalue weighted by Crippen LogP contribution is -2.48. The summed E-state index contributed by atoms with van der Waals surface area (Å²) >= 11 is 0. The molecule has 0 bridgehead atoms. The molecule has 2 aromatic rings. The number of hydrogen-bond donors (Lipinski definition) is 2. The van der Waals surface area contributed by atoms with Gasteiger partial charge in [-0.25, -0.2) is 0 Å². The molecule has 2 aromatic carbocycles. The van der Waals surface area contributed by atoms with E-state index >= 15 is 0 Å². The lowest BCUT2D eigenvalue weighted by Gasteiger charge is -2.39. The molecule has 1 heterocycles. The number of ether oxygens (including phenoxy) is 2. The van der Waals surface area contributed by atoms with E-state index in [2.05, 4.69) is 46.8 Å². The van der Waals surface area contributed by atoms with Crippen LogP contribution in [-0.2, 0) is 10.2 Å². The number of nitrogens with one attached hydrogen (secondary N) is 2. The van der Waals surface area contributed by atoms with Crippen LogP contribution >= 0.6 is 24.0 Å². The molecule has 0 amide bonds. The number of hydrogen-bond acceptors (Lipinski definition) is 3. The molecule has 0 atom stereocenters. The van der Waals surface area contributed by atoms with Crippen LogP contribution in [-0.4, -0.2) is 45.9 Å². The topological polar surface area (TPSA) is 54.9 Å². The summed E-state index contributed by atoms with van der Waals surface area (Å²) in [5, 5.41) is 6.88. The minimum atomic E-state index is 0. The third kappa shape index (κ3) is 6.60. The van der Waals surface area contributed by atoms with E-state index in [4.69, 9.17) is 9.47 Å². The van der Waals surface area contributed by atoms with Gasteiger partial charge in [-0.15, -0.1) is 24.0 Å². The molecule has 0 spiro atoms. The number of rotatable bonds is 7. The van der Waals surface area contributed by atoms with Gasteiger partial charge in [0.2, 0.25) is 0 Å². The van der Waals surface area contributed by atoms with Crippen molar-refractivity contribution < 1.29 is 9.47 Å². The van der Waals surface area contributed by atoms with Gasteiger partial charge in [0.1, 0.15) is 12.4 Å². The maximum atomic E-state index is 5.74. The van der Waals surface area contributed by atoms with Crippen molar-refractivity contribution in [3.8, 4) is 5.75 Å². The molecule has 1 aliphatic rings. The summed E-state index contributed by atoms with van der Waals surface area (Å²) in [6, 6.07) is 18.5. The van der Waals surface area contributed by atoms with E-state index < -0.39 is 0 Å². The van der Waals surface area contributed by atoms with Gasteiger partial charge in [0, 0.05) is 32.2 Å². The van der Waals surface area contributed by atoms with E-state index in [1.165, 1.54) is 11.1 Å². The van der Waals surface area contributed by atoms with Crippen molar-refractivity contribution in [1.82, 2.24) is 10.6 Å². The first-order valence-electron chi connectivity index (χ1n) is 10.00. The molecule has 29 heavy (non-hydrogen) atoms. The van der Waals surface area contributed by atoms with E-state index in [1.54, 1.807) is 7.05 Å². The second-order valence-corrected chi connectivity index (χ2v) is 7.22. The van der Waals surface area contributed by atoms with Crippen molar-refractivity contribution in [3.63, 3.8) is 0 Å². The predicted molar refractivity (Wildman–Crippen MR) is 130 cm³/mol. The molecule has 6 heteroatoms. The fourth-order valence-corrected chi connectivity index (χ4v) is 3.80. The minimum Gasteiger partial charge on any atom is -0.492 e. The molecule has 1 saturated heterocycles. The fraction of sp³-hybridized carbons (Fsp3) is 0.435. The largest absolute Gasteiger partial charge is 0.492 e. The lowest BCUT2D eigenvalue weighted by molar-refractivity contribution is 0.0512. The van der Waals surface area contributed by atoms with Gasteiger partial charge in [-0.2, -0.15) is 0 Å². The molecule has 3 rings (SSSR count). The fourth-order valence-electron chi connectivity index (χ4n) is 3.80. The molecule has 0 radical (unpaired) electrons. The van der Waals surface area contributed by atoms with E-state index in [9.17, 15) is 0 Å². The molecule has 1 aliphatic heterocycles. The van der Waals surface area contributed by atoms with Crippen molar-refractivity contribution in [2.45, 2.75) is 25.2 Å². The Kier molecular flexibility index (Phi) is 9.73. The van der Waals surface area contributed by atoms with Crippen molar-refractivity contribution in [3.05, 3.63) is 65.7 Å². The SMILES string of the molecule is CN=C(NCCOc1ccccc1)NCC1(c2ccccc2C)CCOCC1.I. The van der Waals surface area contributed by atoms with Gasteiger partial charge in [-0.1, -0.05) is 42.5 Å². The first-order valence-corrected chi connectivity index (χ1v) is 10.00. The van der Waals surface area contributed by atoms with Gasteiger partial charge in [-0.05, 0) is 43.0 Å². The highest BCUT2D eigenvalue weighted by Crippen LogP contribution is 2.36. The van der Waals surface area contributed by atoms with Gasteiger partial charge in [-0.3, -0.25) is 4.99 Å². The molecular weight excluding hydrogens is 477 g/mol. The highest BCUT2D eigenvalue weighted by atomic mass is 127. The van der Waals surface area contributed by atoms with Crippen LogP contribution in [0.25, 0.3) is 0 Å². The molecule has 0 aliphatic carbocycles. The Morgan fingerprint density at radius 3 is 2.41 bits per heavy atom. The number of guanidine groups is 1. The van der Waals surface area contributed by atoms with Crippen molar-refractivity contribution in [2.75, 3.05) is 40.0 Å². The van der Waals surface area contributed by atoms with Crippen LogP contribution in [0, 0.1) is 6.92 Å². The maximum absolute atomic E-state index is 5.74. The van der Waals surface area contributed by atoms with Crippen molar-refractivity contribution in [1.29, 1.82) is 0 Å². The molecular formula is C23H32IN3O2. The Bertz CT molecular complexity index is 762. The van der Waals surface area contributed by atoms with Crippen LogP contribution < -0.4 is 15.4 Å². The number of halogens is 1. The molecule has 0 saturated carbocycles. The molecule has 5 nitrogen and oxygen atoms in total. The first-order chi connectivity index (χ1) is 13.7. The number of benzene rings is 2. The van der Waals surface area contributed by atoms with Gasteiger partial charge < -0.3 is 20.1 Å². The van der Waals surface area contributed by atoms with Gasteiger partial charge in [0.25, 0.3) is 0 Å². The molecule has 0 aromatic heterocycles. The summed E-state index contributed by atoms with van der Waals surface area (Å²) in [7, 11) is 1.80. The highest BCUT2D eigenvalue weighted by molar-refractivity contribution is 14.0. The molecule has 2 N–H and O–H groups in total. The number of aliphatic imine (C=N–C) groups is 1. The summed E-state index contributed by atoms with van der Waals surface area (Å²) in [6.45, 7) is 5.90. The highest BCUT2D eigenvalue weighted by Gasteiger charge is 2.35. The quantitative estimate of drug-likeness (QED) is 0.257. The summed E-state index contributed by atoms with van der Waals surface area (Å²) in [5.74, 6) is 1.68. The van der Waals surface area contributed by atoms with Gasteiger partial charge in [0.05, 0.1) is 6.54 Å². The molecule has 0 unspecified atom stereocenters. The zero-order valence-electron chi connectivity index (χ0n) is 17.3. The number of para-hydroxylation sites is 1. The predicted octanol–water partition coefficient (Wildman–Crippen LogP) is 3.91. The molecule has 1 fully saturated rings. The Balaban J connectivity index is 0.00000300. The van der Waals surface area contributed by atoms with E-state index in [0.29, 0.717) is 13.2 Å². The maximum Gasteiger partial charge on any atom is 0.191 e. The van der Waals surface area contributed by atoms with Crippen LogP contribution in [0.1, 0.15) is 24.0 Å². The Morgan fingerprint density at radius 2 is 1.72 bits per heavy atom. The Labute approximate surface area is 191 Å². The van der Waals surface area contributed by atoms with E-state index in [1.807, 2.05) is 30.3 Å². The van der Waals surface area contributed by atoms with Crippen molar-refractivity contribution in [2.24, 2.45) is 4.99 Å². The number of aryl methyl sites for hydroxylation is 1. The smallest absolute Gasteiger partial charge is 0.191 e. The third-order valence-corrected chi connectivity index (χ3v) is 5.39. The first kappa shape index (κ1) is 23.5. The summed E-state index contributed by atoms with van der Waals surface area (Å²) in [4.78, 5) is 4.37. The lowest BCUT2D eigenvalue weighted by atomic mass is 9.72. The summed E-state index contributed by atoms with van der Waals surface area (Å²) in [5.41, 5.74) is 2.82. The van der Waals surface area contributed by atoms with E-state index in [-0.39, 0.29) is 29.4 Å². The monoisotopic (exact) mass is 509 g/mol. The summed E-state index contributed by atoms with van der Waals surface area (Å²) in [6.07, 6.45) is 2.03. The number of nitrogens with zero attached hydrogens (tertiary/aromatic N) is 1. The van der Waals surface area contributed by atoms with Gasteiger partial charge >= 0.3 is 0 Å². The van der Waals surface area contributed by atoms with Crippen LogP contribution in [0.15, 0.2) is 59.6 Å². The average molecular weight is 509 g/mol. The minimum absolute atomic E-state index is 0. The van der Waals surface area contributed by atoms with Crippen molar-refractivity contribution >= 4 is 29.9 Å². The average Bonchev–Trinajstić information content (AvgIpc) is 2.75. The second kappa shape index (κ2) is 12.0. The van der Waals surface area contributed by atoms with E-state index in [0.717, 1.165) is 44.3 Å². The van der Waals surface area contributed by atoms with Gasteiger partial charge in [0.15, 0.2) is 5.96 Å². The van der Waals surface area contributed by atoms with Crippen LogP contribution in [0.5, 0.6) is 5.75 Å². The normalized spacial score (nSPS) is 15.9. The Hall–Kier alpha value is -1.80. The van der Waals surface area contributed by atoms with Crippen LogP contribution in [0.3, 0.4) is 0 Å². The second-order valence-electron chi connectivity index (χ2n) is 7.22. The standard InChI is InChI=1S/C23H31N3O2.HI/c1-19-8-6-7-11-21(19)23(12-15-27-16-13-23)18-26-22(24-2)25-14-17-28-20-9-4-3-5-10-20;/h3-11H,12-18H2,1-2H3,(H2,24,25,26);1H.